The van der Waals surface area contributed by atoms with Gasteiger partial charge in [-0.3, -0.25) is 4.79 Å². The van der Waals surface area contributed by atoms with Crippen LogP contribution in [0.2, 0.25) is 0 Å². The molecule has 0 saturated carbocycles. The Kier molecular flexibility index (Phi) is 7.51. The van der Waals surface area contributed by atoms with Gasteiger partial charge in [-0.15, -0.1) is 10.2 Å². The van der Waals surface area contributed by atoms with Crippen molar-refractivity contribution in [3.63, 3.8) is 0 Å². The van der Waals surface area contributed by atoms with Crippen molar-refractivity contribution in [3.05, 3.63) is 40.9 Å². The highest BCUT2D eigenvalue weighted by atomic mass is 32.2. The minimum atomic E-state index is 0.0876. The second kappa shape index (κ2) is 9.64. The van der Waals surface area contributed by atoms with E-state index in [4.69, 9.17) is 5.11 Å². The van der Waals surface area contributed by atoms with E-state index >= 15 is 0 Å². The van der Waals surface area contributed by atoms with Gasteiger partial charge in [-0.05, 0) is 25.3 Å². The third-order valence-corrected chi connectivity index (χ3v) is 5.19. The second-order valence-electron chi connectivity index (χ2n) is 5.11. The number of carbonyl (C=O) groups is 1. The minimum Gasteiger partial charge on any atom is -0.396 e. The number of amides is 1. The number of unbranched alkanes of at least 4 members (excludes halogenated alkanes) is 1. The van der Waals surface area contributed by atoms with Crippen molar-refractivity contribution in [1.82, 2.24) is 15.1 Å². The number of aromatic nitrogens is 2. The summed E-state index contributed by atoms with van der Waals surface area (Å²) in [6.07, 6.45) is 1.51. The van der Waals surface area contributed by atoms with Gasteiger partial charge in [0.25, 0.3) is 0 Å². The lowest BCUT2D eigenvalue weighted by molar-refractivity contribution is -0.129. The molecule has 0 aliphatic rings. The molecule has 124 valence electrons. The molecule has 5 nitrogen and oxygen atoms in total. The second-order valence-corrected chi connectivity index (χ2v) is 7.51. The zero-order valence-electron chi connectivity index (χ0n) is 13.1. The maximum Gasteiger partial charge on any atom is 0.233 e. The first-order chi connectivity index (χ1) is 11.2. The van der Waals surface area contributed by atoms with Crippen LogP contribution in [-0.4, -0.2) is 45.0 Å². The predicted molar refractivity (Wildman–Crippen MR) is 93.5 cm³/mol. The number of nitrogens with zero attached hydrogens (tertiary/aromatic N) is 3. The molecule has 23 heavy (non-hydrogen) atoms. The number of carbonyl (C=O) groups excluding carboxylic acids is 1. The van der Waals surface area contributed by atoms with Crippen LogP contribution >= 0.6 is 23.1 Å². The zero-order chi connectivity index (χ0) is 16.5. The van der Waals surface area contributed by atoms with E-state index in [2.05, 4.69) is 10.2 Å². The van der Waals surface area contributed by atoms with Crippen molar-refractivity contribution in [2.24, 2.45) is 0 Å². The van der Waals surface area contributed by atoms with Crippen molar-refractivity contribution in [1.29, 1.82) is 0 Å². The van der Waals surface area contributed by atoms with Crippen LogP contribution < -0.4 is 0 Å². The van der Waals surface area contributed by atoms with Crippen LogP contribution in [0.25, 0.3) is 0 Å². The molecular formula is C16H21N3O2S2. The van der Waals surface area contributed by atoms with Gasteiger partial charge in [0.15, 0.2) is 4.34 Å². The van der Waals surface area contributed by atoms with Crippen LogP contribution in [0.4, 0.5) is 0 Å². The van der Waals surface area contributed by atoms with E-state index in [1.807, 2.05) is 42.2 Å². The predicted octanol–water partition coefficient (Wildman–Crippen LogP) is 2.74. The molecule has 1 aromatic heterocycles. The highest BCUT2D eigenvalue weighted by molar-refractivity contribution is 8.01. The van der Waals surface area contributed by atoms with E-state index in [1.54, 1.807) is 0 Å². The van der Waals surface area contributed by atoms with E-state index in [0.717, 1.165) is 21.3 Å². The zero-order valence-corrected chi connectivity index (χ0v) is 14.8. The SMILES string of the molecule is Cc1nnc(SCC(=O)N(CCCCO)Cc2ccccc2)s1. The van der Waals surface area contributed by atoms with Crippen molar-refractivity contribution in [2.45, 2.75) is 30.6 Å². The first kappa shape index (κ1) is 17.9. The standard InChI is InChI=1S/C16H21N3O2S2/c1-13-17-18-16(23-13)22-12-15(21)19(9-5-6-10-20)11-14-7-3-2-4-8-14/h2-4,7-8,20H,5-6,9-12H2,1H3. The van der Waals surface area contributed by atoms with Crippen molar-refractivity contribution in [3.8, 4) is 0 Å². The smallest absolute Gasteiger partial charge is 0.233 e. The molecule has 2 aromatic rings. The van der Waals surface area contributed by atoms with Gasteiger partial charge in [0.05, 0.1) is 5.75 Å². The summed E-state index contributed by atoms with van der Waals surface area (Å²) in [6, 6.07) is 9.96. The quantitative estimate of drug-likeness (QED) is 0.556. The summed E-state index contributed by atoms with van der Waals surface area (Å²) in [5, 5.41) is 17.8. The van der Waals surface area contributed by atoms with E-state index < -0.39 is 0 Å². The largest absolute Gasteiger partial charge is 0.396 e. The maximum absolute atomic E-state index is 12.5. The van der Waals surface area contributed by atoms with Gasteiger partial charge in [0.2, 0.25) is 5.91 Å². The Morgan fingerprint density at radius 2 is 2.04 bits per heavy atom. The van der Waals surface area contributed by atoms with Crippen LogP contribution in [0, 0.1) is 6.92 Å². The lowest BCUT2D eigenvalue weighted by Crippen LogP contribution is -2.33. The van der Waals surface area contributed by atoms with Gasteiger partial charge < -0.3 is 10.0 Å². The van der Waals surface area contributed by atoms with Crippen LogP contribution in [-0.2, 0) is 11.3 Å². The first-order valence-corrected chi connectivity index (χ1v) is 9.34. The summed E-state index contributed by atoms with van der Waals surface area (Å²) in [5.74, 6) is 0.449. The summed E-state index contributed by atoms with van der Waals surface area (Å²) in [7, 11) is 0. The number of benzene rings is 1. The molecule has 1 N–H and O–H groups in total. The Balaban J connectivity index is 1.92. The number of aliphatic hydroxyl groups is 1. The molecule has 0 radical (unpaired) electrons. The highest BCUT2D eigenvalue weighted by Crippen LogP contribution is 2.22. The van der Waals surface area contributed by atoms with Crippen molar-refractivity contribution >= 4 is 29.0 Å². The monoisotopic (exact) mass is 351 g/mol. The molecule has 1 heterocycles. The number of aryl methyl sites for hydroxylation is 1. The molecule has 1 amide bonds. The number of rotatable bonds is 9. The maximum atomic E-state index is 12.5. The van der Waals surface area contributed by atoms with Gasteiger partial charge in [0, 0.05) is 19.7 Å². The molecular weight excluding hydrogens is 330 g/mol. The van der Waals surface area contributed by atoms with Gasteiger partial charge in [-0.25, -0.2) is 0 Å². The highest BCUT2D eigenvalue weighted by Gasteiger charge is 2.15. The summed E-state index contributed by atoms with van der Waals surface area (Å²) >= 11 is 2.94. The third-order valence-electron chi connectivity index (χ3n) is 3.23. The molecule has 0 saturated heterocycles. The Morgan fingerprint density at radius 3 is 2.70 bits per heavy atom. The van der Waals surface area contributed by atoms with E-state index in [1.165, 1.54) is 23.1 Å². The van der Waals surface area contributed by atoms with E-state index in [0.29, 0.717) is 25.3 Å². The van der Waals surface area contributed by atoms with E-state index in [-0.39, 0.29) is 12.5 Å². The number of hydrogen-bond acceptors (Lipinski definition) is 6. The normalized spacial score (nSPS) is 10.7. The Labute approximate surface area is 144 Å². The summed E-state index contributed by atoms with van der Waals surface area (Å²) in [4.78, 5) is 14.4. The average molecular weight is 351 g/mol. The first-order valence-electron chi connectivity index (χ1n) is 7.54. The fourth-order valence-electron chi connectivity index (χ4n) is 2.06. The molecule has 0 aliphatic carbocycles. The lowest BCUT2D eigenvalue weighted by atomic mass is 10.2. The van der Waals surface area contributed by atoms with Gasteiger partial charge >= 0.3 is 0 Å². The van der Waals surface area contributed by atoms with Crippen molar-refractivity contribution in [2.75, 3.05) is 18.9 Å². The molecule has 0 spiro atoms. The fraction of sp³-hybridized carbons (Fsp3) is 0.438. The van der Waals surface area contributed by atoms with Crippen LogP contribution in [0.5, 0.6) is 0 Å². The molecule has 0 bridgehead atoms. The van der Waals surface area contributed by atoms with Crippen molar-refractivity contribution < 1.29 is 9.90 Å². The third kappa shape index (κ3) is 6.29. The summed E-state index contributed by atoms with van der Waals surface area (Å²) in [6.45, 7) is 3.32. The molecule has 2 rings (SSSR count). The number of aliphatic hydroxyl groups excluding tert-OH is 1. The van der Waals surface area contributed by atoms with Crippen LogP contribution in [0.3, 0.4) is 0 Å². The topological polar surface area (TPSA) is 66.3 Å². The molecule has 0 atom stereocenters. The molecule has 0 unspecified atom stereocenters. The van der Waals surface area contributed by atoms with Gasteiger partial charge in [-0.1, -0.05) is 53.4 Å². The summed E-state index contributed by atoms with van der Waals surface area (Å²) < 4.78 is 0.825. The number of thioether (sulfide) groups is 1. The number of hydrogen-bond donors (Lipinski definition) is 1. The fourth-order valence-corrected chi connectivity index (χ4v) is 3.78. The average Bonchev–Trinajstić information content (AvgIpc) is 2.98. The Hall–Kier alpha value is -1.44. The minimum absolute atomic E-state index is 0.0876. The molecule has 0 fully saturated rings. The Bertz CT molecular complexity index is 604. The lowest BCUT2D eigenvalue weighted by Gasteiger charge is -2.22. The molecule has 1 aromatic carbocycles. The van der Waals surface area contributed by atoms with Crippen LogP contribution in [0.1, 0.15) is 23.4 Å². The molecule has 7 heteroatoms. The van der Waals surface area contributed by atoms with E-state index in [9.17, 15) is 4.79 Å². The van der Waals surface area contributed by atoms with Gasteiger partial charge in [-0.2, -0.15) is 0 Å². The Morgan fingerprint density at radius 1 is 1.26 bits per heavy atom. The summed E-state index contributed by atoms with van der Waals surface area (Å²) in [5.41, 5.74) is 1.11. The van der Waals surface area contributed by atoms with Crippen LogP contribution in [0.15, 0.2) is 34.7 Å². The van der Waals surface area contributed by atoms with Gasteiger partial charge in [0.1, 0.15) is 5.01 Å². The molecule has 0 aliphatic heterocycles.